The molecule has 0 aliphatic rings. The molecule has 0 atom stereocenters. The summed E-state index contributed by atoms with van der Waals surface area (Å²) < 4.78 is 11.4. The highest BCUT2D eigenvalue weighted by molar-refractivity contribution is 5.93. The van der Waals surface area contributed by atoms with Crippen molar-refractivity contribution in [2.75, 3.05) is 7.11 Å². The zero-order valence-electron chi connectivity index (χ0n) is 11.9. The number of esters is 1. The van der Waals surface area contributed by atoms with Crippen LogP contribution in [0.4, 0.5) is 4.79 Å². The molecule has 0 aliphatic carbocycles. The number of hydrogen-bond acceptors (Lipinski definition) is 4. The molecule has 0 saturated heterocycles. The minimum Gasteiger partial charge on any atom is -0.452 e. The highest BCUT2D eigenvalue weighted by atomic mass is 16.5. The fraction of sp³-hybridized carbons (Fsp3) is 0.0588. The largest absolute Gasteiger partial charge is 0.452 e. The molecule has 0 spiro atoms. The number of fused-ring (bicyclic) bond motifs is 1. The molecule has 3 aromatic rings. The number of hydrogen-bond donors (Lipinski definition) is 0. The Morgan fingerprint density at radius 1 is 1.00 bits per heavy atom. The van der Waals surface area contributed by atoms with Crippen LogP contribution in [0.15, 0.2) is 60.8 Å². The number of carbonyl (C=O) groups is 2. The zero-order valence-corrected chi connectivity index (χ0v) is 11.9. The zero-order chi connectivity index (χ0) is 15.5. The highest BCUT2D eigenvalue weighted by Gasteiger charge is 2.12. The number of ether oxygens (including phenoxy) is 2. The summed E-state index contributed by atoms with van der Waals surface area (Å²) in [7, 11) is 1.31. The van der Waals surface area contributed by atoms with Gasteiger partial charge in [-0.1, -0.05) is 18.2 Å². The second kappa shape index (κ2) is 5.73. The van der Waals surface area contributed by atoms with Crippen LogP contribution in [0.3, 0.4) is 0 Å². The second-order valence-electron chi connectivity index (χ2n) is 4.63. The first-order chi connectivity index (χ1) is 10.7. The first-order valence-corrected chi connectivity index (χ1v) is 6.66. The van der Waals surface area contributed by atoms with Crippen molar-refractivity contribution in [3.8, 4) is 5.75 Å². The molecule has 22 heavy (non-hydrogen) atoms. The van der Waals surface area contributed by atoms with Gasteiger partial charge in [-0.2, -0.15) is 0 Å². The second-order valence-corrected chi connectivity index (χ2v) is 4.63. The Kier molecular flexibility index (Phi) is 3.62. The molecule has 5 heteroatoms. The van der Waals surface area contributed by atoms with E-state index in [1.807, 2.05) is 6.07 Å². The molecule has 0 bridgehead atoms. The summed E-state index contributed by atoms with van der Waals surface area (Å²) in [5.41, 5.74) is 1.08. The van der Waals surface area contributed by atoms with E-state index in [1.54, 1.807) is 54.7 Å². The first-order valence-electron chi connectivity index (χ1n) is 6.66. The van der Waals surface area contributed by atoms with Crippen LogP contribution in [-0.4, -0.2) is 23.7 Å². The van der Waals surface area contributed by atoms with Crippen molar-refractivity contribution in [1.82, 2.24) is 4.57 Å². The molecule has 0 radical (unpaired) electrons. The third-order valence-corrected chi connectivity index (χ3v) is 3.26. The lowest BCUT2D eigenvalue weighted by Gasteiger charge is -2.06. The van der Waals surface area contributed by atoms with Gasteiger partial charge in [-0.05, 0) is 30.3 Å². The fourth-order valence-electron chi connectivity index (χ4n) is 2.17. The molecule has 110 valence electrons. The number of methoxy groups -OCH3 is 1. The molecule has 2 aromatic carbocycles. The molecule has 0 unspecified atom stereocenters. The number of benzene rings is 2. The summed E-state index contributed by atoms with van der Waals surface area (Å²) >= 11 is 0. The van der Waals surface area contributed by atoms with Crippen molar-refractivity contribution in [2.24, 2.45) is 0 Å². The highest BCUT2D eigenvalue weighted by Crippen LogP contribution is 2.23. The Balaban J connectivity index is 1.92. The van der Waals surface area contributed by atoms with E-state index < -0.39 is 12.1 Å². The van der Waals surface area contributed by atoms with Gasteiger partial charge in [0.05, 0.1) is 18.2 Å². The van der Waals surface area contributed by atoms with Crippen LogP contribution in [0.1, 0.15) is 10.4 Å². The summed E-state index contributed by atoms with van der Waals surface area (Å²) in [6, 6.07) is 15.6. The van der Waals surface area contributed by atoms with Crippen molar-refractivity contribution in [3.05, 3.63) is 66.4 Å². The molecule has 5 nitrogen and oxygen atoms in total. The van der Waals surface area contributed by atoms with E-state index in [0.29, 0.717) is 16.8 Å². The van der Waals surface area contributed by atoms with E-state index in [-0.39, 0.29) is 0 Å². The van der Waals surface area contributed by atoms with Crippen molar-refractivity contribution in [1.29, 1.82) is 0 Å². The van der Waals surface area contributed by atoms with Crippen LogP contribution < -0.4 is 4.74 Å². The summed E-state index contributed by atoms with van der Waals surface area (Å²) in [5, 5.41) is 0.852. The number of aromatic nitrogens is 1. The molecule has 1 heterocycles. The first kappa shape index (κ1) is 13.9. The molecule has 0 N–H and O–H groups in total. The van der Waals surface area contributed by atoms with Gasteiger partial charge < -0.3 is 9.47 Å². The molecular formula is C17H13NO4. The minimum absolute atomic E-state index is 0.366. The quantitative estimate of drug-likeness (QED) is 0.536. The van der Waals surface area contributed by atoms with E-state index >= 15 is 0 Å². The summed E-state index contributed by atoms with van der Waals surface area (Å²) in [5.74, 6) is -0.0821. The molecule has 0 saturated carbocycles. The van der Waals surface area contributed by atoms with Gasteiger partial charge in [-0.3, -0.25) is 4.57 Å². The van der Waals surface area contributed by atoms with Gasteiger partial charge in [-0.15, -0.1) is 0 Å². The van der Waals surface area contributed by atoms with Crippen molar-refractivity contribution in [2.45, 2.75) is 0 Å². The van der Waals surface area contributed by atoms with Crippen LogP contribution in [0.2, 0.25) is 0 Å². The molecule has 1 aromatic heterocycles. The molecule has 0 aliphatic heterocycles. The Hall–Kier alpha value is -3.08. The lowest BCUT2D eigenvalue weighted by atomic mass is 10.2. The topological polar surface area (TPSA) is 57.5 Å². The minimum atomic E-state index is -0.499. The van der Waals surface area contributed by atoms with Gasteiger partial charge in [0.25, 0.3) is 0 Å². The molecule has 0 amide bonds. The Bertz CT molecular complexity index is 836. The van der Waals surface area contributed by atoms with Crippen molar-refractivity contribution < 1.29 is 19.1 Å². The van der Waals surface area contributed by atoms with Gasteiger partial charge in [0.1, 0.15) is 5.75 Å². The average Bonchev–Trinajstić information content (AvgIpc) is 2.98. The van der Waals surface area contributed by atoms with Gasteiger partial charge >= 0.3 is 12.1 Å². The lowest BCUT2D eigenvalue weighted by molar-refractivity contribution is 0.0735. The summed E-state index contributed by atoms with van der Waals surface area (Å²) in [6.45, 7) is 0. The summed E-state index contributed by atoms with van der Waals surface area (Å²) in [6.07, 6.45) is 1.11. The van der Waals surface area contributed by atoms with Crippen LogP contribution in [0, 0.1) is 0 Å². The van der Waals surface area contributed by atoms with Gasteiger partial charge in [0, 0.05) is 17.6 Å². The van der Waals surface area contributed by atoms with Crippen LogP contribution in [0.25, 0.3) is 10.9 Å². The predicted molar refractivity (Wildman–Crippen MR) is 81.1 cm³/mol. The maximum atomic E-state index is 12.0. The number of nitrogens with zero attached hydrogens (tertiary/aromatic N) is 1. The van der Waals surface area contributed by atoms with Crippen LogP contribution >= 0.6 is 0 Å². The third-order valence-electron chi connectivity index (χ3n) is 3.26. The SMILES string of the molecule is COC(=O)n1ccc2ccc(OC(=O)c3ccccc3)cc21. The normalized spacial score (nSPS) is 10.4. The van der Waals surface area contributed by atoms with Gasteiger partial charge in [0.15, 0.2) is 0 Å². The maximum Gasteiger partial charge on any atom is 0.418 e. The Morgan fingerprint density at radius 3 is 2.50 bits per heavy atom. The number of carbonyl (C=O) groups excluding carboxylic acids is 2. The third kappa shape index (κ3) is 2.56. The smallest absolute Gasteiger partial charge is 0.418 e. The number of rotatable bonds is 2. The van der Waals surface area contributed by atoms with Crippen LogP contribution in [0.5, 0.6) is 5.75 Å². The molecule has 3 rings (SSSR count). The van der Waals surface area contributed by atoms with Crippen molar-refractivity contribution in [3.63, 3.8) is 0 Å². The predicted octanol–water partition coefficient (Wildman–Crippen LogP) is 3.48. The maximum absolute atomic E-state index is 12.0. The van der Waals surface area contributed by atoms with E-state index in [0.717, 1.165) is 5.39 Å². The van der Waals surface area contributed by atoms with Crippen LogP contribution in [-0.2, 0) is 4.74 Å². The van der Waals surface area contributed by atoms with E-state index in [1.165, 1.54) is 11.7 Å². The van der Waals surface area contributed by atoms with E-state index in [9.17, 15) is 9.59 Å². The molecular weight excluding hydrogens is 282 g/mol. The Morgan fingerprint density at radius 2 is 1.77 bits per heavy atom. The fourth-order valence-corrected chi connectivity index (χ4v) is 2.17. The van der Waals surface area contributed by atoms with Gasteiger partial charge in [-0.25, -0.2) is 9.59 Å². The Labute approximate surface area is 126 Å². The monoisotopic (exact) mass is 295 g/mol. The lowest BCUT2D eigenvalue weighted by Crippen LogP contribution is -2.10. The van der Waals surface area contributed by atoms with Gasteiger partial charge in [0.2, 0.25) is 0 Å². The molecule has 0 fully saturated rings. The summed E-state index contributed by atoms with van der Waals surface area (Å²) in [4.78, 5) is 23.7. The van der Waals surface area contributed by atoms with Crippen molar-refractivity contribution >= 4 is 23.0 Å². The van der Waals surface area contributed by atoms with E-state index in [2.05, 4.69) is 0 Å². The standard InChI is InChI=1S/C17H13NO4/c1-21-17(20)18-10-9-12-7-8-14(11-15(12)18)22-16(19)13-5-3-2-4-6-13/h2-11H,1H3. The van der Waals surface area contributed by atoms with E-state index in [4.69, 9.17) is 9.47 Å². The average molecular weight is 295 g/mol.